The molecular weight excluding hydrogens is 454 g/mol. The molecule has 6 nitrogen and oxygen atoms in total. The molecule has 0 bridgehead atoms. The second kappa shape index (κ2) is 11.0. The molecule has 2 atom stereocenters. The number of halogens is 3. The van der Waals surface area contributed by atoms with Crippen LogP contribution in [0.5, 0.6) is 0 Å². The number of nitrogens with two attached hydrogens (primary N) is 1. The number of thioether (sulfide) groups is 2. The highest BCUT2D eigenvalue weighted by Gasteiger charge is 2.24. The lowest BCUT2D eigenvalue weighted by atomic mass is 10.2. The number of carbonyl (C=O) groups is 2. The molecule has 4 rings (SSSR count). The Morgan fingerprint density at radius 3 is 1.97 bits per heavy atom. The van der Waals surface area contributed by atoms with Crippen molar-refractivity contribution in [2.45, 2.75) is 21.9 Å². The van der Waals surface area contributed by atoms with E-state index >= 15 is 0 Å². The summed E-state index contributed by atoms with van der Waals surface area (Å²) in [5.41, 5.74) is 6.09. The third kappa shape index (κ3) is 5.64. The predicted molar refractivity (Wildman–Crippen MR) is 120 cm³/mol. The van der Waals surface area contributed by atoms with Gasteiger partial charge in [0.15, 0.2) is 0 Å². The van der Waals surface area contributed by atoms with E-state index in [4.69, 9.17) is 5.73 Å². The zero-order chi connectivity index (χ0) is 21.0. The lowest BCUT2D eigenvalue weighted by Crippen LogP contribution is -2.39. The Labute approximate surface area is 187 Å². The zero-order valence-corrected chi connectivity index (χ0v) is 18.4. The minimum Gasteiger partial charge on any atom is -0.321 e. The maximum Gasteiger partial charge on any atom is 0.242 e. The monoisotopic (exact) mass is 474 g/mol. The van der Waals surface area contributed by atoms with Crippen LogP contribution in [0.1, 0.15) is 0 Å². The Morgan fingerprint density at radius 1 is 0.933 bits per heavy atom. The number of benzene rings is 2. The van der Waals surface area contributed by atoms with Gasteiger partial charge in [-0.05, 0) is 31.3 Å². The second-order valence-electron chi connectivity index (χ2n) is 6.27. The maximum atomic E-state index is 13.4. The zero-order valence-electron chi connectivity index (χ0n) is 15.9. The summed E-state index contributed by atoms with van der Waals surface area (Å²) in [4.78, 5) is 24.4. The van der Waals surface area contributed by atoms with Crippen molar-refractivity contribution in [3.8, 4) is 0 Å². The van der Waals surface area contributed by atoms with E-state index in [-0.39, 0.29) is 41.8 Å². The lowest BCUT2D eigenvalue weighted by Gasteiger charge is -2.10. The third-order valence-electron chi connectivity index (χ3n) is 4.27. The van der Waals surface area contributed by atoms with Crippen molar-refractivity contribution < 1.29 is 18.4 Å². The minimum absolute atomic E-state index is 0. The highest BCUT2D eigenvalue weighted by Crippen LogP contribution is 2.33. The second-order valence-corrected chi connectivity index (χ2v) is 8.40. The van der Waals surface area contributed by atoms with E-state index < -0.39 is 11.9 Å². The van der Waals surface area contributed by atoms with Gasteiger partial charge in [0, 0.05) is 21.3 Å². The molecule has 0 unspecified atom stereocenters. The van der Waals surface area contributed by atoms with Crippen molar-refractivity contribution in [2.24, 2.45) is 5.73 Å². The molecule has 2 aliphatic heterocycles. The van der Waals surface area contributed by atoms with E-state index in [1.54, 1.807) is 31.3 Å². The van der Waals surface area contributed by atoms with Gasteiger partial charge in [0.25, 0.3) is 0 Å². The van der Waals surface area contributed by atoms with Gasteiger partial charge >= 0.3 is 0 Å². The van der Waals surface area contributed by atoms with E-state index in [0.717, 1.165) is 9.79 Å². The fraction of sp³-hybridized carbons (Fsp3) is 0.263. The summed E-state index contributed by atoms with van der Waals surface area (Å²) < 4.78 is 26.7. The Bertz CT molecular complexity index is 935. The molecule has 0 aromatic heterocycles. The van der Waals surface area contributed by atoms with Gasteiger partial charge in [0.05, 0.1) is 23.5 Å². The summed E-state index contributed by atoms with van der Waals surface area (Å²) >= 11 is 2.86. The molecule has 0 spiro atoms. The van der Waals surface area contributed by atoms with E-state index in [0.29, 0.717) is 17.2 Å². The normalized spacial score (nSPS) is 20.0. The molecule has 30 heavy (non-hydrogen) atoms. The number of amides is 2. The molecule has 2 aromatic rings. The third-order valence-corrected chi connectivity index (χ3v) is 6.60. The standard InChI is InChI=1S/C10H11FN2OS.C9H9FN2OS.ClH/c1-12-7-5-15-8-4-2-3-6(11)9(8)13-10(7)14;10-5-2-1-3-7-8(5)12-9(13)6(11)4-14-7;/h2-4,7,12H,5H2,1H3,(H,13,14);1-3,6H,4,11H2,(H,12,13);1H/t7-;6-;/m00./s1. The Balaban J connectivity index is 0.000000207. The molecule has 0 saturated heterocycles. The van der Waals surface area contributed by atoms with Crippen LogP contribution in [-0.4, -0.2) is 42.5 Å². The first-order valence-electron chi connectivity index (χ1n) is 8.78. The summed E-state index contributed by atoms with van der Waals surface area (Å²) in [6.07, 6.45) is 0. The van der Waals surface area contributed by atoms with Crippen LogP contribution in [0.3, 0.4) is 0 Å². The summed E-state index contributed by atoms with van der Waals surface area (Å²) in [6.45, 7) is 0. The highest BCUT2D eigenvalue weighted by atomic mass is 35.5. The SMILES string of the molecule is CN[C@H]1CSc2cccc(F)c2NC1=O.Cl.N[C@H]1CSc2cccc(F)c2NC1=O. The first-order chi connectivity index (χ1) is 13.9. The summed E-state index contributed by atoms with van der Waals surface area (Å²) in [6, 6.07) is 8.64. The lowest BCUT2D eigenvalue weighted by molar-refractivity contribution is -0.118. The van der Waals surface area contributed by atoms with Gasteiger partial charge in [-0.15, -0.1) is 35.9 Å². The van der Waals surface area contributed by atoms with Gasteiger partial charge in [-0.3, -0.25) is 9.59 Å². The molecule has 0 fully saturated rings. The van der Waals surface area contributed by atoms with Crippen LogP contribution < -0.4 is 21.7 Å². The summed E-state index contributed by atoms with van der Waals surface area (Å²) in [5.74, 6) is -0.237. The number of anilines is 2. The van der Waals surface area contributed by atoms with Crippen molar-refractivity contribution in [1.29, 1.82) is 0 Å². The van der Waals surface area contributed by atoms with Crippen LogP contribution in [0.25, 0.3) is 0 Å². The van der Waals surface area contributed by atoms with Crippen molar-refractivity contribution in [3.63, 3.8) is 0 Å². The number of fused-ring (bicyclic) bond motifs is 2. The average molecular weight is 475 g/mol. The summed E-state index contributed by atoms with van der Waals surface area (Å²) in [5, 5.41) is 7.97. The molecule has 2 aromatic carbocycles. The highest BCUT2D eigenvalue weighted by molar-refractivity contribution is 7.99. The molecule has 5 N–H and O–H groups in total. The van der Waals surface area contributed by atoms with Crippen molar-refractivity contribution in [2.75, 3.05) is 29.2 Å². The molecule has 162 valence electrons. The largest absolute Gasteiger partial charge is 0.321 e. The smallest absolute Gasteiger partial charge is 0.242 e. The number of rotatable bonds is 1. The average Bonchev–Trinajstić information content (AvgIpc) is 2.96. The Kier molecular flexibility index (Phi) is 8.92. The minimum atomic E-state index is -0.577. The fourth-order valence-electron chi connectivity index (χ4n) is 2.64. The van der Waals surface area contributed by atoms with E-state index in [1.807, 2.05) is 0 Å². The van der Waals surface area contributed by atoms with Crippen LogP contribution >= 0.6 is 35.9 Å². The molecule has 2 heterocycles. The molecule has 11 heteroatoms. The van der Waals surface area contributed by atoms with Crippen LogP contribution in [0.2, 0.25) is 0 Å². The Morgan fingerprint density at radius 2 is 1.43 bits per heavy atom. The van der Waals surface area contributed by atoms with E-state index in [9.17, 15) is 18.4 Å². The van der Waals surface area contributed by atoms with Gasteiger partial charge in [-0.2, -0.15) is 0 Å². The van der Waals surface area contributed by atoms with Gasteiger partial charge in [-0.1, -0.05) is 12.1 Å². The van der Waals surface area contributed by atoms with E-state index in [1.165, 1.54) is 35.7 Å². The van der Waals surface area contributed by atoms with Gasteiger partial charge in [0.2, 0.25) is 11.8 Å². The van der Waals surface area contributed by atoms with Crippen LogP contribution in [-0.2, 0) is 9.59 Å². The van der Waals surface area contributed by atoms with Crippen molar-refractivity contribution in [1.82, 2.24) is 5.32 Å². The van der Waals surface area contributed by atoms with Gasteiger partial charge in [-0.25, -0.2) is 8.78 Å². The first kappa shape index (κ1) is 24.4. The molecular formula is C19H21ClF2N4O2S2. The number of hydrogen-bond acceptors (Lipinski definition) is 6. The van der Waals surface area contributed by atoms with Crippen LogP contribution in [0.15, 0.2) is 46.2 Å². The predicted octanol–water partition coefficient (Wildman–Crippen LogP) is 3.08. The van der Waals surface area contributed by atoms with Crippen molar-refractivity contribution >= 4 is 59.1 Å². The molecule has 0 aliphatic carbocycles. The number of hydrogen-bond donors (Lipinski definition) is 4. The Hall–Kier alpha value is -1.85. The summed E-state index contributed by atoms with van der Waals surface area (Å²) in [7, 11) is 1.72. The van der Waals surface area contributed by atoms with Crippen LogP contribution in [0, 0.1) is 11.6 Å². The van der Waals surface area contributed by atoms with Gasteiger partial charge in [0.1, 0.15) is 11.6 Å². The number of nitrogens with one attached hydrogen (secondary N) is 3. The molecule has 2 aliphatic rings. The number of para-hydroxylation sites is 2. The van der Waals surface area contributed by atoms with E-state index in [2.05, 4.69) is 16.0 Å². The molecule has 0 saturated carbocycles. The quantitative estimate of drug-likeness (QED) is 0.507. The number of likely N-dealkylation sites (N-methyl/N-ethyl adjacent to an activating group) is 1. The fourth-order valence-corrected chi connectivity index (χ4v) is 4.75. The van der Waals surface area contributed by atoms with Crippen LogP contribution in [0.4, 0.5) is 20.2 Å². The molecule has 0 radical (unpaired) electrons. The first-order valence-corrected chi connectivity index (χ1v) is 10.7. The maximum absolute atomic E-state index is 13.4. The number of carbonyl (C=O) groups excluding carboxylic acids is 2. The topological polar surface area (TPSA) is 96.2 Å². The van der Waals surface area contributed by atoms with Gasteiger partial charge < -0.3 is 21.7 Å². The molecule has 2 amide bonds. The van der Waals surface area contributed by atoms with Crippen molar-refractivity contribution in [3.05, 3.63) is 48.0 Å².